The van der Waals surface area contributed by atoms with Crippen LogP contribution >= 0.6 is 0 Å². The second-order valence-electron chi connectivity index (χ2n) is 5.19. The lowest BCUT2D eigenvalue weighted by atomic mass is 10.2. The van der Waals surface area contributed by atoms with Gasteiger partial charge in [0.1, 0.15) is 5.82 Å². The number of para-hydroxylation sites is 1. The van der Waals surface area contributed by atoms with Crippen molar-refractivity contribution >= 4 is 22.7 Å². The molecule has 1 aromatic heterocycles. The van der Waals surface area contributed by atoms with Crippen LogP contribution in [0.2, 0.25) is 0 Å². The number of anilines is 2. The highest BCUT2D eigenvalue weighted by atomic mass is 15.2. The van der Waals surface area contributed by atoms with E-state index in [0.29, 0.717) is 11.9 Å². The highest BCUT2D eigenvalue weighted by Gasteiger charge is 2.12. The molecule has 0 saturated heterocycles. The van der Waals surface area contributed by atoms with E-state index in [9.17, 15) is 0 Å². The minimum atomic E-state index is 0.598. The van der Waals surface area contributed by atoms with Crippen molar-refractivity contribution in [3.63, 3.8) is 0 Å². The highest BCUT2D eigenvalue weighted by molar-refractivity contribution is 5.90. The normalized spacial score (nSPS) is 11.0. The first kappa shape index (κ1) is 13.6. The van der Waals surface area contributed by atoms with Crippen LogP contribution in [-0.4, -0.2) is 30.1 Å². The van der Waals surface area contributed by atoms with Crippen LogP contribution in [0.1, 0.15) is 20.8 Å². The van der Waals surface area contributed by atoms with Crippen LogP contribution < -0.4 is 10.2 Å². The summed E-state index contributed by atoms with van der Waals surface area (Å²) in [6, 6.07) is 8.16. The van der Waals surface area contributed by atoms with E-state index in [0.717, 1.165) is 29.8 Å². The maximum atomic E-state index is 4.65. The fourth-order valence-electron chi connectivity index (χ4n) is 2.22. The van der Waals surface area contributed by atoms with Gasteiger partial charge in [-0.1, -0.05) is 26.0 Å². The summed E-state index contributed by atoms with van der Waals surface area (Å²) in [6.45, 7) is 8.28. The summed E-state index contributed by atoms with van der Waals surface area (Å²) < 4.78 is 0. The Balaban J connectivity index is 2.49. The fraction of sp³-hybridized carbons (Fsp3) is 0.467. The second-order valence-corrected chi connectivity index (χ2v) is 5.19. The standard InChI is InChI=1S/C15H22N4/c1-5-16-15-17-13-9-7-6-8-12(13)14(18-15)19(4)10-11(2)3/h6-9,11H,5,10H2,1-4H3,(H,16,17,18). The summed E-state index contributed by atoms with van der Waals surface area (Å²) in [5.41, 5.74) is 0.985. The quantitative estimate of drug-likeness (QED) is 0.894. The minimum Gasteiger partial charge on any atom is -0.359 e. The van der Waals surface area contributed by atoms with E-state index >= 15 is 0 Å². The molecule has 2 rings (SSSR count). The van der Waals surface area contributed by atoms with Gasteiger partial charge in [0.2, 0.25) is 5.95 Å². The minimum absolute atomic E-state index is 0.598. The van der Waals surface area contributed by atoms with Gasteiger partial charge in [-0.05, 0) is 25.0 Å². The van der Waals surface area contributed by atoms with Crippen molar-refractivity contribution in [3.8, 4) is 0 Å². The molecule has 0 atom stereocenters. The summed E-state index contributed by atoms with van der Waals surface area (Å²) in [7, 11) is 2.09. The third kappa shape index (κ3) is 3.13. The smallest absolute Gasteiger partial charge is 0.225 e. The van der Waals surface area contributed by atoms with Crippen molar-refractivity contribution < 1.29 is 0 Å². The van der Waals surface area contributed by atoms with Crippen molar-refractivity contribution in [1.82, 2.24) is 9.97 Å². The van der Waals surface area contributed by atoms with Gasteiger partial charge in [-0.25, -0.2) is 4.98 Å². The molecular weight excluding hydrogens is 236 g/mol. The van der Waals surface area contributed by atoms with Gasteiger partial charge in [0.15, 0.2) is 0 Å². The van der Waals surface area contributed by atoms with Gasteiger partial charge in [-0.3, -0.25) is 0 Å². The third-order valence-electron chi connectivity index (χ3n) is 2.92. The van der Waals surface area contributed by atoms with E-state index in [2.05, 4.69) is 54.1 Å². The van der Waals surface area contributed by atoms with Crippen LogP contribution in [-0.2, 0) is 0 Å². The Kier molecular flexibility index (Phi) is 4.20. The third-order valence-corrected chi connectivity index (χ3v) is 2.92. The van der Waals surface area contributed by atoms with Gasteiger partial charge in [-0.15, -0.1) is 0 Å². The van der Waals surface area contributed by atoms with E-state index in [-0.39, 0.29) is 0 Å². The molecule has 0 aliphatic heterocycles. The summed E-state index contributed by atoms with van der Waals surface area (Å²) in [6.07, 6.45) is 0. The summed E-state index contributed by atoms with van der Waals surface area (Å²) >= 11 is 0. The Morgan fingerprint density at radius 3 is 2.63 bits per heavy atom. The first-order valence-electron chi connectivity index (χ1n) is 6.83. The van der Waals surface area contributed by atoms with Gasteiger partial charge in [-0.2, -0.15) is 4.98 Å². The van der Waals surface area contributed by atoms with Crippen LogP contribution in [0.25, 0.3) is 10.9 Å². The van der Waals surface area contributed by atoms with Gasteiger partial charge in [0, 0.05) is 25.5 Å². The Hall–Kier alpha value is -1.84. The van der Waals surface area contributed by atoms with Crippen LogP contribution in [0.4, 0.5) is 11.8 Å². The molecule has 0 spiro atoms. The molecule has 2 aromatic rings. The zero-order chi connectivity index (χ0) is 13.8. The molecular formula is C15H22N4. The topological polar surface area (TPSA) is 41.1 Å². The van der Waals surface area contributed by atoms with Crippen LogP contribution in [0.15, 0.2) is 24.3 Å². The molecule has 1 aromatic carbocycles. The van der Waals surface area contributed by atoms with Gasteiger partial charge in [0.25, 0.3) is 0 Å². The van der Waals surface area contributed by atoms with E-state index in [1.54, 1.807) is 0 Å². The number of aromatic nitrogens is 2. The van der Waals surface area contributed by atoms with Gasteiger partial charge >= 0.3 is 0 Å². The maximum Gasteiger partial charge on any atom is 0.225 e. The average Bonchev–Trinajstić information content (AvgIpc) is 2.37. The van der Waals surface area contributed by atoms with Gasteiger partial charge < -0.3 is 10.2 Å². The Labute approximate surface area is 114 Å². The Morgan fingerprint density at radius 1 is 1.21 bits per heavy atom. The lowest BCUT2D eigenvalue weighted by Gasteiger charge is -2.22. The first-order valence-corrected chi connectivity index (χ1v) is 6.83. The SMILES string of the molecule is CCNc1nc(N(C)CC(C)C)c2ccccc2n1. The first-order chi connectivity index (χ1) is 9.11. The van der Waals surface area contributed by atoms with Crippen molar-refractivity contribution in [1.29, 1.82) is 0 Å². The van der Waals surface area contributed by atoms with Crippen molar-refractivity contribution in [3.05, 3.63) is 24.3 Å². The largest absolute Gasteiger partial charge is 0.359 e. The number of rotatable bonds is 5. The molecule has 0 fully saturated rings. The number of hydrogen-bond acceptors (Lipinski definition) is 4. The fourth-order valence-corrected chi connectivity index (χ4v) is 2.22. The van der Waals surface area contributed by atoms with Crippen molar-refractivity contribution in [2.45, 2.75) is 20.8 Å². The Bertz CT molecular complexity index is 551. The lowest BCUT2D eigenvalue weighted by molar-refractivity contribution is 0.635. The molecule has 0 radical (unpaired) electrons. The molecule has 0 bridgehead atoms. The molecule has 0 amide bonds. The van der Waals surface area contributed by atoms with Crippen LogP contribution in [0, 0.1) is 5.92 Å². The monoisotopic (exact) mass is 258 g/mol. The molecule has 0 unspecified atom stereocenters. The van der Waals surface area contributed by atoms with E-state index in [1.807, 2.05) is 18.2 Å². The van der Waals surface area contributed by atoms with Crippen molar-refractivity contribution in [2.75, 3.05) is 30.4 Å². The zero-order valence-corrected chi connectivity index (χ0v) is 12.1. The summed E-state index contributed by atoms with van der Waals surface area (Å²) in [5.74, 6) is 2.29. The number of fused-ring (bicyclic) bond motifs is 1. The molecule has 4 heteroatoms. The van der Waals surface area contributed by atoms with E-state index < -0.39 is 0 Å². The van der Waals surface area contributed by atoms with Gasteiger partial charge in [0.05, 0.1) is 5.52 Å². The average molecular weight is 258 g/mol. The maximum absolute atomic E-state index is 4.65. The number of nitrogens with one attached hydrogen (secondary N) is 1. The van der Waals surface area contributed by atoms with Crippen LogP contribution in [0.5, 0.6) is 0 Å². The molecule has 19 heavy (non-hydrogen) atoms. The Morgan fingerprint density at radius 2 is 1.95 bits per heavy atom. The molecule has 0 aliphatic carbocycles. The van der Waals surface area contributed by atoms with Crippen molar-refractivity contribution in [2.24, 2.45) is 5.92 Å². The lowest BCUT2D eigenvalue weighted by Crippen LogP contribution is -2.24. The van der Waals surface area contributed by atoms with Crippen LogP contribution in [0.3, 0.4) is 0 Å². The summed E-state index contributed by atoms with van der Waals surface area (Å²) in [5, 5.41) is 4.30. The highest BCUT2D eigenvalue weighted by Crippen LogP contribution is 2.24. The predicted octanol–water partition coefficient (Wildman–Crippen LogP) is 3.15. The molecule has 1 heterocycles. The van der Waals surface area contributed by atoms with E-state index in [4.69, 9.17) is 0 Å². The molecule has 1 N–H and O–H groups in total. The molecule has 0 saturated carbocycles. The zero-order valence-electron chi connectivity index (χ0n) is 12.1. The summed E-state index contributed by atoms with van der Waals surface area (Å²) in [4.78, 5) is 11.4. The molecule has 102 valence electrons. The van der Waals surface area contributed by atoms with E-state index in [1.165, 1.54) is 0 Å². The second kappa shape index (κ2) is 5.87. The number of benzene rings is 1. The molecule has 0 aliphatic rings. The molecule has 4 nitrogen and oxygen atoms in total. The predicted molar refractivity (Wildman–Crippen MR) is 81.8 cm³/mol. The number of nitrogens with zero attached hydrogens (tertiary/aromatic N) is 3. The number of hydrogen-bond donors (Lipinski definition) is 1.